The highest BCUT2D eigenvalue weighted by Gasteiger charge is 2.33. The Hall–Kier alpha value is -1.77. The van der Waals surface area contributed by atoms with Gasteiger partial charge in [-0.3, -0.25) is 4.72 Å². The Morgan fingerprint density at radius 3 is 2.54 bits per heavy atom. The number of aromatic nitrogens is 1. The van der Waals surface area contributed by atoms with Crippen molar-refractivity contribution in [2.24, 2.45) is 5.92 Å². The number of hydrogen-bond donors (Lipinski definition) is 1. The molecule has 0 aliphatic heterocycles. The average Bonchev–Trinajstić information content (AvgIpc) is 2.47. The molecule has 0 unspecified atom stereocenters. The van der Waals surface area contributed by atoms with Gasteiger partial charge in [0.1, 0.15) is 5.69 Å². The standard InChI is InChI=1S/C15H19F3N2O3S/c1-23-14-11(4-3-10-5-7-15(17,18)8-6-10)9-12(13(16)19-14)20-24(2,21)22/h3-4,9-10,20H,5-8H2,1-2H3. The van der Waals surface area contributed by atoms with Gasteiger partial charge < -0.3 is 4.74 Å². The molecular weight excluding hydrogens is 345 g/mol. The fourth-order valence-corrected chi connectivity index (χ4v) is 3.08. The third kappa shape index (κ3) is 5.12. The molecule has 0 bridgehead atoms. The zero-order valence-corrected chi connectivity index (χ0v) is 14.2. The molecule has 9 heteroatoms. The molecule has 0 atom stereocenters. The number of anilines is 1. The van der Waals surface area contributed by atoms with Crippen molar-refractivity contribution in [3.05, 3.63) is 23.7 Å². The summed E-state index contributed by atoms with van der Waals surface area (Å²) in [6, 6.07) is 1.26. The number of hydrogen-bond acceptors (Lipinski definition) is 4. The molecular formula is C15H19F3N2O3S. The average molecular weight is 364 g/mol. The van der Waals surface area contributed by atoms with E-state index in [1.165, 1.54) is 13.2 Å². The van der Waals surface area contributed by atoms with E-state index in [2.05, 4.69) is 4.98 Å². The Bertz CT molecular complexity index is 726. The summed E-state index contributed by atoms with van der Waals surface area (Å²) < 4.78 is 69.6. The van der Waals surface area contributed by atoms with Crippen molar-refractivity contribution in [2.45, 2.75) is 31.6 Å². The van der Waals surface area contributed by atoms with E-state index >= 15 is 0 Å². The summed E-state index contributed by atoms with van der Waals surface area (Å²) in [6.07, 6.45) is 4.62. The number of alkyl halides is 2. The zero-order valence-electron chi connectivity index (χ0n) is 13.4. The van der Waals surface area contributed by atoms with E-state index in [0.29, 0.717) is 18.4 Å². The van der Waals surface area contributed by atoms with Crippen LogP contribution in [0.1, 0.15) is 31.2 Å². The van der Waals surface area contributed by atoms with Gasteiger partial charge in [-0.2, -0.15) is 9.37 Å². The number of pyridine rings is 1. The maximum absolute atomic E-state index is 13.8. The van der Waals surface area contributed by atoms with Gasteiger partial charge in [-0.15, -0.1) is 0 Å². The van der Waals surface area contributed by atoms with Crippen molar-refractivity contribution in [3.8, 4) is 5.88 Å². The summed E-state index contributed by atoms with van der Waals surface area (Å²) in [7, 11) is -2.35. The van der Waals surface area contributed by atoms with E-state index < -0.39 is 21.9 Å². The Morgan fingerprint density at radius 2 is 2.00 bits per heavy atom. The molecule has 5 nitrogen and oxygen atoms in total. The van der Waals surface area contributed by atoms with E-state index in [1.807, 2.05) is 4.72 Å². The molecule has 1 aliphatic rings. The highest BCUT2D eigenvalue weighted by molar-refractivity contribution is 7.92. The molecule has 0 radical (unpaired) electrons. The van der Waals surface area contributed by atoms with Crippen LogP contribution in [0, 0.1) is 11.9 Å². The van der Waals surface area contributed by atoms with Gasteiger partial charge in [-0.05, 0) is 24.8 Å². The number of methoxy groups -OCH3 is 1. The Morgan fingerprint density at radius 1 is 1.38 bits per heavy atom. The molecule has 1 saturated carbocycles. The van der Waals surface area contributed by atoms with E-state index in [4.69, 9.17) is 4.74 Å². The van der Waals surface area contributed by atoms with Crippen LogP contribution in [0.2, 0.25) is 0 Å². The number of halogens is 3. The lowest BCUT2D eigenvalue weighted by molar-refractivity contribution is -0.0410. The second-order valence-electron chi connectivity index (χ2n) is 5.85. The van der Waals surface area contributed by atoms with Gasteiger partial charge >= 0.3 is 0 Å². The highest BCUT2D eigenvalue weighted by atomic mass is 32.2. The van der Waals surface area contributed by atoms with Gasteiger partial charge in [-0.25, -0.2) is 17.2 Å². The van der Waals surface area contributed by atoms with Crippen LogP contribution in [0.4, 0.5) is 18.9 Å². The first-order valence-corrected chi connectivity index (χ1v) is 9.27. The van der Waals surface area contributed by atoms with Crippen LogP contribution in [0.15, 0.2) is 12.1 Å². The maximum atomic E-state index is 13.8. The summed E-state index contributed by atoms with van der Waals surface area (Å²) in [5, 5.41) is 0. The first-order valence-electron chi connectivity index (χ1n) is 7.38. The van der Waals surface area contributed by atoms with Crippen molar-refractivity contribution in [3.63, 3.8) is 0 Å². The van der Waals surface area contributed by atoms with Gasteiger partial charge in [0.05, 0.1) is 13.4 Å². The van der Waals surface area contributed by atoms with E-state index in [1.54, 1.807) is 12.2 Å². The molecule has 1 fully saturated rings. The van der Waals surface area contributed by atoms with Crippen LogP contribution in [-0.4, -0.2) is 32.7 Å². The second-order valence-corrected chi connectivity index (χ2v) is 7.60. The van der Waals surface area contributed by atoms with Crippen LogP contribution < -0.4 is 9.46 Å². The van der Waals surface area contributed by atoms with Crippen molar-refractivity contribution in [1.82, 2.24) is 4.98 Å². The maximum Gasteiger partial charge on any atom is 0.248 e. The first-order chi connectivity index (χ1) is 11.1. The predicted molar refractivity (Wildman–Crippen MR) is 85.2 cm³/mol. The Kier molecular flexibility index (Phi) is 5.42. The Labute approximate surface area is 139 Å². The highest BCUT2D eigenvalue weighted by Crippen LogP contribution is 2.37. The van der Waals surface area contributed by atoms with Crippen LogP contribution in [0.25, 0.3) is 6.08 Å². The molecule has 1 N–H and O–H groups in total. The quantitative estimate of drug-likeness (QED) is 0.813. The number of allylic oxidation sites excluding steroid dienone is 1. The third-order valence-corrected chi connectivity index (χ3v) is 4.36. The minimum Gasteiger partial charge on any atom is -0.480 e. The summed E-state index contributed by atoms with van der Waals surface area (Å²) in [5.41, 5.74) is 0.0653. The number of nitrogens with zero attached hydrogens (tertiary/aromatic N) is 1. The largest absolute Gasteiger partial charge is 0.480 e. The van der Waals surface area contributed by atoms with Crippen molar-refractivity contribution < 1.29 is 26.3 Å². The van der Waals surface area contributed by atoms with Gasteiger partial charge in [0.25, 0.3) is 0 Å². The van der Waals surface area contributed by atoms with E-state index in [0.717, 1.165) is 6.26 Å². The molecule has 0 saturated heterocycles. The molecule has 24 heavy (non-hydrogen) atoms. The molecule has 0 spiro atoms. The topological polar surface area (TPSA) is 68.3 Å². The number of nitrogens with one attached hydrogen (secondary N) is 1. The third-order valence-electron chi connectivity index (χ3n) is 3.77. The molecule has 1 aromatic heterocycles. The van der Waals surface area contributed by atoms with Crippen LogP contribution >= 0.6 is 0 Å². The normalized spacial score (nSPS) is 18.7. The van der Waals surface area contributed by atoms with Crippen LogP contribution in [0.5, 0.6) is 5.88 Å². The van der Waals surface area contributed by atoms with Crippen molar-refractivity contribution in [2.75, 3.05) is 18.1 Å². The van der Waals surface area contributed by atoms with Gasteiger partial charge in [0.15, 0.2) is 0 Å². The number of ether oxygens (including phenoxy) is 1. The number of sulfonamides is 1. The fourth-order valence-electron chi connectivity index (χ4n) is 2.54. The molecule has 0 amide bonds. The summed E-state index contributed by atoms with van der Waals surface area (Å²) in [6.45, 7) is 0. The fraction of sp³-hybridized carbons (Fsp3) is 0.533. The molecule has 1 aromatic rings. The lowest BCUT2D eigenvalue weighted by atomic mass is 9.86. The minimum absolute atomic E-state index is 0.0102. The summed E-state index contributed by atoms with van der Waals surface area (Å²) >= 11 is 0. The first kappa shape index (κ1) is 18.6. The lowest BCUT2D eigenvalue weighted by Crippen LogP contribution is -2.23. The van der Waals surface area contributed by atoms with E-state index in [-0.39, 0.29) is 30.3 Å². The predicted octanol–water partition coefficient (Wildman–Crippen LogP) is 3.44. The van der Waals surface area contributed by atoms with Gasteiger partial charge in [-0.1, -0.05) is 12.2 Å². The molecule has 0 aromatic carbocycles. The lowest BCUT2D eigenvalue weighted by Gasteiger charge is -2.26. The molecule has 1 heterocycles. The Balaban J connectivity index is 2.22. The summed E-state index contributed by atoms with van der Waals surface area (Å²) in [5.74, 6) is -3.65. The molecule has 2 rings (SSSR count). The van der Waals surface area contributed by atoms with Crippen LogP contribution in [-0.2, 0) is 10.0 Å². The van der Waals surface area contributed by atoms with E-state index in [9.17, 15) is 21.6 Å². The van der Waals surface area contributed by atoms with Crippen molar-refractivity contribution >= 4 is 21.8 Å². The van der Waals surface area contributed by atoms with Gasteiger partial charge in [0, 0.05) is 18.4 Å². The van der Waals surface area contributed by atoms with Gasteiger partial charge in [0.2, 0.25) is 27.8 Å². The smallest absolute Gasteiger partial charge is 0.248 e. The molecule has 134 valence electrons. The second kappa shape index (κ2) is 7.00. The minimum atomic E-state index is -3.66. The SMILES string of the molecule is COc1nc(F)c(NS(C)(=O)=O)cc1C=CC1CCC(F)(F)CC1. The molecule has 1 aliphatic carbocycles. The number of rotatable bonds is 5. The zero-order chi connectivity index (χ0) is 18.0. The van der Waals surface area contributed by atoms with Crippen molar-refractivity contribution in [1.29, 1.82) is 0 Å². The monoisotopic (exact) mass is 364 g/mol. The summed E-state index contributed by atoms with van der Waals surface area (Å²) in [4.78, 5) is 3.58. The van der Waals surface area contributed by atoms with Crippen LogP contribution in [0.3, 0.4) is 0 Å².